The molecular formula is C23H24O13. The topological polar surface area (TPSA) is 224 Å². The highest BCUT2D eigenvalue weighted by molar-refractivity contribution is 5.99. The van der Waals surface area contributed by atoms with Crippen LogP contribution in [0.3, 0.4) is 0 Å². The number of ketones is 1. The number of Topliss-reactive ketones (excluding diaryl/α,β-unsaturated/α-hetero) is 1. The molecule has 6 atom stereocenters. The van der Waals surface area contributed by atoms with E-state index in [0.29, 0.717) is 0 Å². The Morgan fingerprint density at radius 1 is 0.917 bits per heavy atom. The number of hydrogen-bond donors (Lipinski definition) is 8. The smallest absolute Gasteiger partial charge is 0.338 e. The highest BCUT2D eigenvalue weighted by atomic mass is 16.7. The average molecular weight is 508 g/mol. The molecule has 0 aromatic heterocycles. The second-order valence-corrected chi connectivity index (χ2v) is 8.46. The van der Waals surface area contributed by atoms with E-state index in [-0.39, 0.29) is 35.3 Å². The van der Waals surface area contributed by atoms with Crippen LogP contribution in [-0.4, -0.2) is 89.9 Å². The van der Waals surface area contributed by atoms with E-state index in [1.807, 2.05) is 0 Å². The van der Waals surface area contributed by atoms with E-state index in [1.165, 1.54) is 6.07 Å². The summed E-state index contributed by atoms with van der Waals surface area (Å²) in [5.74, 6) is -4.82. The Hall–Kier alpha value is -3.62. The van der Waals surface area contributed by atoms with Crippen LogP contribution in [0.2, 0.25) is 0 Å². The third-order valence-electron chi connectivity index (χ3n) is 6.10. The number of aromatic hydroxyl groups is 5. The molecule has 1 fully saturated rings. The van der Waals surface area contributed by atoms with Crippen LogP contribution in [0.1, 0.15) is 45.2 Å². The van der Waals surface area contributed by atoms with Crippen molar-refractivity contribution in [2.75, 3.05) is 6.61 Å². The number of aliphatic hydroxyl groups excluding tert-OH is 3. The summed E-state index contributed by atoms with van der Waals surface area (Å²) in [6.07, 6.45) is -9.22. The van der Waals surface area contributed by atoms with Gasteiger partial charge >= 0.3 is 5.97 Å². The van der Waals surface area contributed by atoms with E-state index in [9.17, 15) is 50.4 Å². The molecule has 4 rings (SSSR count). The first-order valence-corrected chi connectivity index (χ1v) is 10.8. The molecule has 0 radical (unpaired) electrons. The predicted molar refractivity (Wildman–Crippen MR) is 116 cm³/mol. The third-order valence-corrected chi connectivity index (χ3v) is 6.10. The monoisotopic (exact) mass is 508 g/mol. The van der Waals surface area contributed by atoms with Gasteiger partial charge in [-0.05, 0) is 30.7 Å². The second-order valence-electron chi connectivity index (χ2n) is 8.46. The SMILES string of the molecule is O=C(OC[C@H]1O[C@@H](OC2CCC(=O)c3ccc(O)c(O)c32)[C@H](O)[C@@H](O)[C@@H]1O)c1cc(O)c(O)c(O)c1. The van der Waals surface area contributed by atoms with Crippen LogP contribution in [-0.2, 0) is 14.2 Å². The molecule has 36 heavy (non-hydrogen) atoms. The Morgan fingerprint density at radius 2 is 1.58 bits per heavy atom. The molecular weight excluding hydrogens is 484 g/mol. The Labute approximate surface area is 203 Å². The molecule has 2 aromatic rings. The molecule has 2 aromatic carbocycles. The van der Waals surface area contributed by atoms with Gasteiger partial charge in [0, 0.05) is 17.5 Å². The van der Waals surface area contributed by atoms with E-state index < -0.39 is 78.1 Å². The largest absolute Gasteiger partial charge is 0.504 e. The van der Waals surface area contributed by atoms with Crippen molar-refractivity contribution < 1.29 is 64.7 Å². The molecule has 0 saturated carbocycles. The summed E-state index contributed by atoms with van der Waals surface area (Å²) in [6, 6.07) is 4.15. The van der Waals surface area contributed by atoms with Gasteiger partial charge in [0.2, 0.25) is 0 Å². The Bertz CT molecular complexity index is 1160. The first-order valence-electron chi connectivity index (χ1n) is 10.8. The molecule has 13 heteroatoms. The number of aliphatic hydroxyl groups is 3. The van der Waals surface area contributed by atoms with Crippen LogP contribution in [0, 0.1) is 0 Å². The fourth-order valence-electron chi connectivity index (χ4n) is 4.13. The van der Waals surface area contributed by atoms with Crippen molar-refractivity contribution in [3.05, 3.63) is 41.0 Å². The molecule has 194 valence electrons. The molecule has 0 spiro atoms. The van der Waals surface area contributed by atoms with Crippen molar-refractivity contribution in [1.29, 1.82) is 0 Å². The molecule has 1 heterocycles. The first-order chi connectivity index (χ1) is 17.0. The van der Waals surface area contributed by atoms with E-state index >= 15 is 0 Å². The molecule has 1 saturated heterocycles. The number of carbonyl (C=O) groups is 2. The lowest BCUT2D eigenvalue weighted by Gasteiger charge is -2.41. The van der Waals surface area contributed by atoms with Gasteiger partial charge in [-0.3, -0.25) is 4.79 Å². The van der Waals surface area contributed by atoms with Crippen molar-refractivity contribution in [2.45, 2.75) is 49.7 Å². The fourth-order valence-corrected chi connectivity index (χ4v) is 4.13. The maximum Gasteiger partial charge on any atom is 0.338 e. The zero-order valence-electron chi connectivity index (χ0n) is 18.5. The van der Waals surface area contributed by atoms with Crippen LogP contribution in [0.5, 0.6) is 28.7 Å². The predicted octanol–water partition coefficient (Wildman–Crippen LogP) is -0.0866. The van der Waals surface area contributed by atoms with Crippen LogP contribution in [0.15, 0.2) is 24.3 Å². The summed E-state index contributed by atoms with van der Waals surface area (Å²) >= 11 is 0. The lowest BCUT2D eigenvalue weighted by Crippen LogP contribution is -2.59. The molecule has 1 aliphatic carbocycles. The van der Waals surface area contributed by atoms with Gasteiger partial charge in [-0.15, -0.1) is 0 Å². The minimum absolute atomic E-state index is 0.0161. The van der Waals surface area contributed by atoms with Gasteiger partial charge in [-0.1, -0.05) is 0 Å². The van der Waals surface area contributed by atoms with Crippen molar-refractivity contribution in [2.24, 2.45) is 0 Å². The standard InChI is InChI=1S/C23H24O13/c24-10-3-4-14(16-9(10)1-2-11(25)18(16)29)35-23-21(32)20(31)19(30)15(36-23)7-34-22(33)8-5-12(26)17(28)13(27)6-8/h1-2,5-6,14-15,19-21,23,25-32H,3-4,7H2/t14?,15-,19-,20+,21-,23-/m1/s1. The molecule has 2 aliphatic rings. The van der Waals surface area contributed by atoms with Gasteiger partial charge < -0.3 is 55.1 Å². The van der Waals surface area contributed by atoms with Crippen LogP contribution >= 0.6 is 0 Å². The number of phenolic OH excluding ortho intramolecular Hbond substituents is 5. The second kappa shape index (κ2) is 9.79. The molecule has 8 N–H and O–H groups in total. The fraction of sp³-hybridized carbons (Fsp3) is 0.391. The van der Waals surface area contributed by atoms with E-state index in [0.717, 1.165) is 18.2 Å². The number of rotatable bonds is 5. The van der Waals surface area contributed by atoms with Crippen molar-refractivity contribution >= 4 is 11.8 Å². The van der Waals surface area contributed by atoms with Gasteiger partial charge in [0.15, 0.2) is 40.8 Å². The summed E-state index contributed by atoms with van der Waals surface area (Å²) in [7, 11) is 0. The summed E-state index contributed by atoms with van der Waals surface area (Å²) in [5, 5.41) is 79.6. The van der Waals surface area contributed by atoms with Crippen LogP contribution in [0.25, 0.3) is 0 Å². The minimum Gasteiger partial charge on any atom is -0.504 e. The van der Waals surface area contributed by atoms with E-state index in [2.05, 4.69) is 0 Å². The van der Waals surface area contributed by atoms with Crippen molar-refractivity contribution in [1.82, 2.24) is 0 Å². The van der Waals surface area contributed by atoms with Gasteiger partial charge in [0.1, 0.15) is 31.0 Å². The van der Waals surface area contributed by atoms with Crippen molar-refractivity contribution in [3.8, 4) is 28.7 Å². The van der Waals surface area contributed by atoms with E-state index in [4.69, 9.17) is 14.2 Å². The summed E-state index contributed by atoms with van der Waals surface area (Å²) in [4.78, 5) is 24.5. The summed E-state index contributed by atoms with van der Waals surface area (Å²) in [5.41, 5.74) is -0.240. The minimum atomic E-state index is -1.79. The molecule has 0 bridgehead atoms. The number of hydrogen-bond acceptors (Lipinski definition) is 13. The number of fused-ring (bicyclic) bond motifs is 1. The number of benzene rings is 2. The molecule has 0 amide bonds. The number of phenols is 5. The molecule has 1 unspecified atom stereocenters. The average Bonchev–Trinajstić information content (AvgIpc) is 2.85. The number of carbonyl (C=O) groups excluding carboxylic acids is 2. The Morgan fingerprint density at radius 3 is 2.25 bits per heavy atom. The maximum atomic E-state index is 12.3. The molecule has 1 aliphatic heterocycles. The lowest BCUT2D eigenvalue weighted by atomic mass is 9.87. The van der Waals surface area contributed by atoms with Gasteiger partial charge in [-0.25, -0.2) is 4.79 Å². The quantitative estimate of drug-likeness (QED) is 0.196. The molecule has 13 nitrogen and oxygen atoms in total. The zero-order chi connectivity index (χ0) is 26.3. The van der Waals surface area contributed by atoms with Crippen LogP contribution < -0.4 is 0 Å². The van der Waals surface area contributed by atoms with Gasteiger partial charge in [-0.2, -0.15) is 0 Å². The highest BCUT2D eigenvalue weighted by Gasteiger charge is 2.46. The van der Waals surface area contributed by atoms with Gasteiger partial charge in [0.25, 0.3) is 0 Å². The summed E-state index contributed by atoms with van der Waals surface area (Å²) < 4.78 is 16.3. The highest BCUT2D eigenvalue weighted by Crippen LogP contribution is 2.44. The maximum absolute atomic E-state index is 12.3. The van der Waals surface area contributed by atoms with Crippen LogP contribution in [0.4, 0.5) is 0 Å². The zero-order valence-corrected chi connectivity index (χ0v) is 18.5. The Kier molecular flexibility index (Phi) is 6.93. The third kappa shape index (κ3) is 4.62. The normalized spacial score (nSPS) is 27.9. The van der Waals surface area contributed by atoms with Crippen molar-refractivity contribution in [3.63, 3.8) is 0 Å². The van der Waals surface area contributed by atoms with Gasteiger partial charge in [0.05, 0.1) is 11.7 Å². The number of esters is 1. The Balaban J connectivity index is 1.49. The summed E-state index contributed by atoms with van der Waals surface area (Å²) in [6.45, 7) is -0.655. The first kappa shape index (κ1) is 25.5. The number of ether oxygens (including phenoxy) is 3. The van der Waals surface area contributed by atoms with E-state index in [1.54, 1.807) is 0 Å². The lowest BCUT2D eigenvalue weighted by molar-refractivity contribution is -0.312.